The van der Waals surface area contributed by atoms with Gasteiger partial charge in [0.1, 0.15) is 11.5 Å². The Labute approximate surface area is 191 Å². The number of phenolic OH excluding ortho intramolecular Hbond substituents is 2. The van der Waals surface area contributed by atoms with Crippen molar-refractivity contribution in [2.24, 2.45) is 0 Å². The molecule has 0 bridgehead atoms. The maximum Gasteiger partial charge on any atom is 0.331 e. The monoisotopic (exact) mass is 440 g/mol. The number of ketones is 1. The summed E-state index contributed by atoms with van der Waals surface area (Å²) in [6.07, 6.45) is 9.73. The molecule has 1 aromatic carbocycles. The largest absolute Gasteiger partial charge is 0.508 e. The van der Waals surface area contributed by atoms with Gasteiger partial charge < -0.3 is 15.3 Å². The molecule has 0 aromatic heterocycles. The van der Waals surface area contributed by atoms with Crippen LogP contribution < -0.4 is 0 Å². The number of aromatic hydroxyl groups is 2. The van der Waals surface area contributed by atoms with Crippen molar-refractivity contribution in [3.05, 3.63) is 70.4 Å². The number of carbonyl (C=O) groups excluding carboxylic acids is 1. The van der Waals surface area contributed by atoms with E-state index in [4.69, 9.17) is 0 Å². The van der Waals surface area contributed by atoms with Crippen LogP contribution in [0.4, 0.5) is 0 Å². The van der Waals surface area contributed by atoms with Gasteiger partial charge in [-0.15, -0.1) is 0 Å². The highest BCUT2D eigenvalue weighted by molar-refractivity contribution is 5.96. The van der Waals surface area contributed by atoms with E-state index in [0.29, 0.717) is 48.0 Å². The van der Waals surface area contributed by atoms with Crippen molar-refractivity contribution < 1.29 is 24.9 Å². The predicted molar refractivity (Wildman–Crippen MR) is 129 cm³/mol. The average molecular weight is 441 g/mol. The Balaban J connectivity index is 2.52. The Morgan fingerprint density at radius 3 is 2.19 bits per heavy atom. The molecular weight excluding hydrogens is 404 g/mol. The van der Waals surface area contributed by atoms with Crippen LogP contribution in [0.5, 0.6) is 11.5 Å². The van der Waals surface area contributed by atoms with Crippen molar-refractivity contribution in [2.45, 2.75) is 72.6 Å². The van der Waals surface area contributed by atoms with Crippen molar-refractivity contribution >= 4 is 11.8 Å². The molecule has 0 spiro atoms. The zero-order valence-corrected chi connectivity index (χ0v) is 19.7. The minimum absolute atomic E-state index is 0.00188. The fraction of sp³-hybridized carbons (Fsp3) is 0.407. The molecule has 32 heavy (non-hydrogen) atoms. The Hall–Kier alpha value is -3.08. The number of rotatable bonds is 13. The lowest BCUT2D eigenvalue weighted by molar-refractivity contribution is -0.132. The van der Waals surface area contributed by atoms with Crippen molar-refractivity contribution in [2.75, 3.05) is 0 Å². The molecule has 0 radical (unpaired) electrons. The lowest BCUT2D eigenvalue weighted by Crippen LogP contribution is -2.06. The summed E-state index contributed by atoms with van der Waals surface area (Å²) in [5.74, 6) is -0.989. The van der Waals surface area contributed by atoms with E-state index in [1.165, 1.54) is 17.7 Å². The van der Waals surface area contributed by atoms with E-state index in [1.54, 1.807) is 13.0 Å². The zero-order chi connectivity index (χ0) is 24.3. The molecule has 0 fully saturated rings. The molecule has 0 aliphatic carbocycles. The van der Waals surface area contributed by atoms with Gasteiger partial charge in [0.15, 0.2) is 5.78 Å². The molecule has 5 heteroatoms. The van der Waals surface area contributed by atoms with Gasteiger partial charge in [0.25, 0.3) is 0 Å². The standard InChI is InChI=1S/C27H36O5/c1-18(2)9-6-13-22(27(31)32)14-8-11-19(3)10-7-12-20(4)25(29)17-23-16-24(28)15-21(5)26(23)30/h9-10,14-16,28,30H,4,6-8,11-13,17H2,1-3,5H3,(H,31,32). The summed E-state index contributed by atoms with van der Waals surface area (Å²) in [4.78, 5) is 23.8. The summed E-state index contributed by atoms with van der Waals surface area (Å²) in [6.45, 7) is 11.5. The molecule has 174 valence electrons. The number of carbonyl (C=O) groups is 2. The topological polar surface area (TPSA) is 94.8 Å². The highest BCUT2D eigenvalue weighted by Crippen LogP contribution is 2.28. The molecule has 0 amide bonds. The molecule has 0 aliphatic heterocycles. The van der Waals surface area contributed by atoms with Gasteiger partial charge in [-0.25, -0.2) is 4.79 Å². The average Bonchev–Trinajstić information content (AvgIpc) is 2.69. The van der Waals surface area contributed by atoms with Crippen LogP contribution in [0.1, 0.15) is 70.4 Å². The van der Waals surface area contributed by atoms with Gasteiger partial charge in [-0.1, -0.05) is 36.0 Å². The predicted octanol–water partition coefficient (Wildman–Crippen LogP) is 6.34. The van der Waals surface area contributed by atoms with Crippen LogP contribution in [0.15, 0.2) is 59.2 Å². The van der Waals surface area contributed by atoms with E-state index in [9.17, 15) is 24.9 Å². The van der Waals surface area contributed by atoms with E-state index in [1.807, 2.05) is 32.9 Å². The highest BCUT2D eigenvalue weighted by Gasteiger charge is 2.13. The summed E-state index contributed by atoms with van der Waals surface area (Å²) in [5.41, 5.74) is 4.15. The number of hydrogen-bond donors (Lipinski definition) is 3. The molecule has 1 rings (SSSR count). The summed E-state index contributed by atoms with van der Waals surface area (Å²) >= 11 is 0. The summed E-state index contributed by atoms with van der Waals surface area (Å²) in [6, 6.07) is 2.85. The summed E-state index contributed by atoms with van der Waals surface area (Å²) < 4.78 is 0. The van der Waals surface area contributed by atoms with Gasteiger partial charge in [-0.05, 0) is 89.5 Å². The smallest absolute Gasteiger partial charge is 0.331 e. The summed E-state index contributed by atoms with van der Waals surface area (Å²) in [7, 11) is 0. The zero-order valence-electron chi connectivity index (χ0n) is 19.7. The molecule has 0 unspecified atom stereocenters. The lowest BCUT2D eigenvalue weighted by atomic mass is 9.98. The minimum atomic E-state index is -0.864. The van der Waals surface area contributed by atoms with E-state index < -0.39 is 5.97 Å². The van der Waals surface area contributed by atoms with Crippen LogP contribution in [0, 0.1) is 6.92 Å². The Morgan fingerprint density at radius 2 is 1.56 bits per heavy atom. The van der Waals surface area contributed by atoms with Gasteiger partial charge in [-0.2, -0.15) is 0 Å². The molecule has 0 aliphatic rings. The number of phenols is 2. The van der Waals surface area contributed by atoms with Crippen LogP contribution in [-0.4, -0.2) is 27.1 Å². The maximum absolute atomic E-state index is 12.4. The van der Waals surface area contributed by atoms with Crippen molar-refractivity contribution in [1.82, 2.24) is 0 Å². The van der Waals surface area contributed by atoms with Crippen LogP contribution >= 0.6 is 0 Å². The minimum Gasteiger partial charge on any atom is -0.508 e. The van der Waals surface area contributed by atoms with E-state index >= 15 is 0 Å². The quantitative estimate of drug-likeness (QED) is 0.189. The molecule has 0 saturated carbocycles. The number of Topliss-reactive ketones (excluding diaryl/α,β-unsaturated/α-hetero) is 1. The maximum atomic E-state index is 12.4. The number of hydrogen-bond acceptors (Lipinski definition) is 4. The first kappa shape index (κ1) is 27.0. The first-order valence-electron chi connectivity index (χ1n) is 10.9. The second-order valence-corrected chi connectivity index (χ2v) is 8.46. The first-order valence-corrected chi connectivity index (χ1v) is 10.9. The van der Waals surface area contributed by atoms with E-state index in [2.05, 4.69) is 6.58 Å². The van der Waals surface area contributed by atoms with Crippen LogP contribution in [0.2, 0.25) is 0 Å². The molecule has 5 nitrogen and oxygen atoms in total. The van der Waals surface area contributed by atoms with Gasteiger partial charge in [-0.3, -0.25) is 4.79 Å². The normalized spacial score (nSPS) is 11.9. The molecule has 1 aromatic rings. The van der Waals surface area contributed by atoms with Crippen molar-refractivity contribution in [1.29, 1.82) is 0 Å². The van der Waals surface area contributed by atoms with Crippen LogP contribution in [-0.2, 0) is 16.0 Å². The van der Waals surface area contributed by atoms with Gasteiger partial charge in [0.05, 0.1) is 0 Å². The second-order valence-electron chi connectivity index (χ2n) is 8.46. The molecule has 0 saturated heterocycles. The number of carboxylic acids is 1. The fourth-order valence-electron chi connectivity index (χ4n) is 3.29. The number of benzene rings is 1. The number of aliphatic carboxylic acids is 1. The SMILES string of the molecule is C=C(CCC=C(C)CCC=C(CCC=C(C)C)C(=O)O)C(=O)Cc1cc(O)cc(C)c1O. The number of aryl methyl sites for hydroxylation is 1. The molecular formula is C27H36O5. The van der Waals surface area contributed by atoms with Crippen LogP contribution in [0.3, 0.4) is 0 Å². The lowest BCUT2D eigenvalue weighted by Gasteiger charge is -2.09. The Kier molecular flexibility index (Phi) is 11.3. The van der Waals surface area contributed by atoms with Crippen LogP contribution in [0.25, 0.3) is 0 Å². The van der Waals surface area contributed by atoms with Crippen molar-refractivity contribution in [3.8, 4) is 11.5 Å². The molecule has 0 heterocycles. The number of carboxylic acid groups (broad SMARTS) is 1. The Bertz CT molecular complexity index is 928. The van der Waals surface area contributed by atoms with Gasteiger partial charge >= 0.3 is 5.97 Å². The van der Waals surface area contributed by atoms with E-state index in [-0.39, 0.29) is 23.7 Å². The number of allylic oxidation sites excluding steroid dienone is 6. The van der Waals surface area contributed by atoms with E-state index in [0.717, 1.165) is 18.4 Å². The third-order valence-electron chi connectivity index (χ3n) is 5.22. The Morgan fingerprint density at radius 1 is 0.938 bits per heavy atom. The first-order chi connectivity index (χ1) is 15.0. The molecule has 0 atom stereocenters. The third kappa shape index (κ3) is 9.82. The van der Waals surface area contributed by atoms with Gasteiger partial charge in [0.2, 0.25) is 0 Å². The highest BCUT2D eigenvalue weighted by atomic mass is 16.4. The summed E-state index contributed by atoms with van der Waals surface area (Å²) in [5, 5.41) is 29.1. The van der Waals surface area contributed by atoms with Gasteiger partial charge in [0, 0.05) is 17.6 Å². The third-order valence-corrected chi connectivity index (χ3v) is 5.22. The second kappa shape index (κ2) is 13.4. The fourth-order valence-corrected chi connectivity index (χ4v) is 3.29. The molecule has 3 N–H and O–H groups in total. The van der Waals surface area contributed by atoms with Crippen molar-refractivity contribution in [3.63, 3.8) is 0 Å².